The molecule has 0 saturated heterocycles. The molecule has 2 aromatic carbocycles. The Morgan fingerprint density at radius 1 is 1.08 bits per heavy atom. The van der Waals surface area contributed by atoms with E-state index in [2.05, 4.69) is 20.5 Å². The largest absolute Gasteiger partial charge is 0.399 e. The number of nitrogen functional groups attached to an aromatic ring is 1. The summed E-state index contributed by atoms with van der Waals surface area (Å²) in [5.41, 5.74) is 6.47. The lowest BCUT2D eigenvalue weighted by Gasteiger charge is -2.03. The number of hydrogen-bond donors (Lipinski definition) is 3. The fourth-order valence-corrected chi connectivity index (χ4v) is 2.27. The van der Waals surface area contributed by atoms with E-state index in [1.165, 1.54) is 0 Å². The number of H-pyrrole nitrogens is 1. The van der Waals surface area contributed by atoms with Crippen LogP contribution in [0.3, 0.4) is 0 Å². The van der Waals surface area contributed by atoms with Crippen LogP contribution in [0.4, 0.5) is 18.9 Å². The number of carbonyl (C=O) groups excluding carboxylic acids is 1. The molecule has 0 unspecified atom stereocenters. The van der Waals surface area contributed by atoms with E-state index in [0.717, 1.165) is 12.1 Å². The molecular formula is C17H14F3N5O. The highest BCUT2D eigenvalue weighted by molar-refractivity contribution is 5.94. The Morgan fingerprint density at radius 3 is 2.54 bits per heavy atom. The van der Waals surface area contributed by atoms with Crippen LogP contribution in [-0.4, -0.2) is 21.1 Å². The number of aromatic amines is 1. The highest BCUT2D eigenvalue weighted by Gasteiger charge is 2.15. The van der Waals surface area contributed by atoms with E-state index in [0.29, 0.717) is 17.1 Å². The first-order valence-corrected chi connectivity index (χ1v) is 7.60. The van der Waals surface area contributed by atoms with Crippen molar-refractivity contribution in [3.63, 3.8) is 0 Å². The van der Waals surface area contributed by atoms with Crippen LogP contribution in [-0.2, 0) is 13.0 Å². The standard InChI is InChI=1S/C17H14F3N5O/c18-12-6-3-10(15(19)16(12)20)7-13-23-14(25-24-13)8-22-17(26)9-1-4-11(21)5-2-9/h1-6H,7-8,21H2,(H,22,26)(H,23,24,25). The van der Waals surface area contributed by atoms with Crippen molar-refractivity contribution in [1.82, 2.24) is 20.5 Å². The zero-order valence-electron chi connectivity index (χ0n) is 13.4. The molecule has 0 saturated carbocycles. The third kappa shape index (κ3) is 3.82. The monoisotopic (exact) mass is 361 g/mol. The van der Waals surface area contributed by atoms with E-state index >= 15 is 0 Å². The minimum atomic E-state index is -1.53. The molecule has 26 heavy (non-hydrogen) atoms. The maximum Gasteiger partial charge on any atom is 0.251 e. The summed E-state index contributed by atoms with van der Waals surface area (Å²) < 4.78 is 39.9. The van der Waals surface area contributed by atoms with Gasteiger partial charge in [0.2, 0.25) is 0 Å². The van der Waals surface area contributed by atoms with Crippen molar-refractivity contribution in [2.24, 2.45) is 0 Å². The number of nitrogens with two attached hydrogens (primary N) is 1. The molecule has 0 fully saturated rings. The first-order valence-electron chi connectivity index (χ1n) is 7.60. The zero-order valence-corrected chi connectivity index (χ0v) is 13.4. The molecule has 6 nitrogen and oxygen atoms in total. The Labute approximate surface area is 146 Å². The van der Waals surface area contributed by atoms with Gasteiger partial charge in [-0.1, -0.05) is 6.07 Å². The number of hydrogen-bond acceptors (Lipinski definition) is 4. The van der Waals surface area contributed by atoms with E-state index in [-0.39, 0.29) is 30.3 Å². The second-order valence-electron chi connectivity index (χ2n) is 5.51. The lowest BCUT2D eigenvalue weighted by atomic mass is 10.1. The molecule has 4 N–H and O–H groups in total. The van der Waals surface area contributed by atoms with Crippen LogP contribution in [0.25, 0.3) is 0 Å². The highest BCUT2D eigenvalue weighted by atomic mass is 19.2. The number of anilines is 1. The number of nitrogens with one attached hydrogen (secondary N) is 2. The molecule has 0 radical (unpaired) electrons. The normalized spacial score (nSPS) is 10.7. The third-order valence-electron chi connectivity index (χ3n) is 3.63. The Kier molecular flexibility index (Phi) is 4.87. The summed E-state index contributed by atoms with van der Waals surface area (Å²) in [6.45, 7) is 0.0659. The molecular weight excluding hydrogens is 347 g/mol. The predicted molar refractivity (Wildman–Crippen MR) is 87.5 cm³/mol. The van der Waals surface area contributed by atoms with Crippen molar-refractivity contribution >= 4 is 11.6 Å². The molecule has 3 aromatic rings. The van der Waals surface area contributed by atoms with Gasteiger partial charge in [0.25, 0.3) is 5.91 Å². The van der Waals surface area contributed by atoms with Crippen molar-refractivity contribution in [2.45, 2.75) is 13.0 Å². The summed E-state index contributed by atoms with van der Waals surface area (Å²) in [4.78, 5) is 16.1. The van der Waals surface area contributed by atoms with Crippen LogP contribution < -0.4 is 11.1 Å². The van der Waals surface area contributed by atoms with Crippen LogP contribution in [0.2, 0.25) is 0 Å². The molecule has 134 valence electrons. The lowest BCUT2D eigenvalue weighted by Crippen LogP contribution is -2.23. The van der Waals surface area contributed by atoms with Gasteiger partial charge in [0.05, 0.1) is 6.54 Å². The van der Waals surface area contributed by atoms with Gasteiger partial charge in [0, 0.05) is 17.7 Å². The predicted octanol–water partition coefficient (Wildman–Crippen LogP) is 2.33. The second-order valence-corrected chi connectivity index (χ2v) is 5.51. The number of benzene rings is 2. The first kappa shape index (κ1) is 17.5. The van der Waals surface area contributed by atoms with Gasteiger partial charge >= 0.3 is 0 Å². The SMILES string of the molecule is Nc1ccc(C(=O)NCc2nc(Cc3ccc(F)c(F)c3F)n[nH]2)cc1. The summed E-state index contributed by atoms with van der Waals surface area (Å²) >= 11 is 0. The Hall–Kier alpha value is -3.36. The maximum atomic E-state index is 13.7. The summed E-state index contributed by atoms with van der Waals surface area (Å²) in [6.07, 6.45) is -0.120. The molecule has 0 atom stereocenters. The molecule has 0 aliphatic heterocycles. The van der Waals surface area contributed by atoms with E-state index < -0.39 is 17.5 Å². The van der Waals surface area contributed by atoms with Gasteiger partial charge in [-0.05, 0) is 35.9 Å². The van der Waals surface area contributed by atoms with Crippen LogP contribution in [0.15, 0.2) is 36.4 Å². The van der Waals surface area contributed by atoms with Gasteiger partial charge in [0.15, 0.2) is 23.3 Å². The van der Waals surface area contributed by atoms with Gasteiger partial charge in [0.1, 0.15) is 5.82 Å². The van der Waals surface area contributed by atoms with Crippen molar-refractivity contribution in [1.29, 1.82) is 0 Å². The van der Waals surface area contributed by atoms with E-state index in [1.807, 2.05) is 0 Å². The van der Waals surface area contributed by atoms with Crippen LogP contribution in [0.1, 0.15) is 27.6 Å². The highest BCUT2D eigenvalue weighted by Crippen LogP contribution is 2.17. The third-order valence-corrected chi connectivity index (χ3v) is 3.63. The Balaban J connectivity index is 1.62. The average Bonchev–Trinajstić information content (AvgIpc) is 3.08. The van der Waals surface area contributed by atoms with Gasteiger partial charge in [-0.2, -0.15) is 5.10 Å². The fraction of sp³-hybridized carbons (Fsp3) is 0.118. The number of halogens is 3. The Morgan fingerprint density at radius 2 is 1.81 bits per heavy atom. The molecule has 3 rings (SSSR count). The van der Waals surface area contributed by atoms with Crippen molar-refractivity contribution in [3.8, 4) is 0 Å². The fourth-order valence-electron chi connectivity index (χ4n) is 2.27. The number of aromatic nitrogens is 3. The Bertz CT molecular complexity index is 940. The number of rotatable bonds is 5. The summed E-state index contributed by atoms with van der Waals surface area (Å²) in [7, 11) is 0. The van der Waals surface area contributed by atoms with E-state index in [1.54, 1.807) is 24.3 Å². The summed E-state index contributed by atoms with van der Waals surface area (Å²) in [5.74, 6) is -3.86. The van der Waals surface area contributed by atoms with Gasteiger partial charge < -0.3 is 11.1 Å². The quantitative estimate of drug-likeness (QED) is 0.480. The van der Waals surface area contributed by atoms with Crippen molar-refractivity contribution < 1.29 is 18.0 Å². The van der Waals surface area contributed by atoms with Crippen LogP contribution >= 0.6 is 0 Å². The van der Waals surface area contributed by atoms with E-state index in [9.17, 15) is 18.0 Å². The molecule has 1 heterocycles. The minimum Gasteiger partial charge on any atom is -0.399 e. The number of nitrogens with zero attached hydrogens (tertiary/aromatic N) is 2. The molecule has 0 aliphatic carbocycles. The summed E-state index contributed by atoms with van der Waals surface area (Å²) in [6, 6.07) is 8.36. The average molecular weight is 361 g/mol. The van der Waals surface area contributed by atoms with Crippen LogP contribution in [0.5, 0.6) is 0 Å². The molecule has 0 aliphatic rings. The first-order chi connectivity index (χ1) is 12.4. The molecule has 9 heteroatoms. The smallest absolute Gasteiger partial charge is 0.251 e. The van der Waals surface area contributed by atoms with Gasteiger partial charge in [-0.3, -0.25) is 9.89 Å². The number of amides is 1. The van der Waals surface area contributed by atoms with Gasteiger partial charge in [-0.15, -0.1) is 0 Å². The zero-order chi connectivity index (χ0) is 18.7. The van der Waals surface area contributed by atoms with Crippen molar-refractivity contribution in [3.05, 3.63) is 76.6 Å². The molecule has 0 spiro atoms. The topological polar surface area (TPSA) is 96.7 Å². The lowest BCUT2D eigenvalue weighted by molar-refractivity contribution is 0.0950. The molecule has 1 aromatic heterocycles. The minimum absolute atomic E-state index is 0.0659. The maximum absolute atomic E-state index is 13.7. The second kappa shape index (κ2) is 7.26. The molecule has 0 bridgehead atoms. The van der Waals surface area contributed by atoms with Crippen molar-refractivity contribution in [2.75, 3.05) is 5.73 Å². The molecule has 1 amide bonds. The van der Waals surface area contributed by atoms with Gasteiger partial charge in [-0.25, -0.2) is 18.2 Å². The summed E-state index contributed by atoms with van der Waals surface area (Å²) in [5, 5.41) is 9.12. The van der Waals surface area contributed by atoms with Crippen LogP contribution in [0, 0.1) is 17.5 Å². The number of carbonyl (C=O) groups is 1. The van der Waals surface area contributed by atoms with E-state index in [4.69, 9.17) is 5.73 Å².